The molecule has 1 aliphatic heterocycles. The Hall–Kier alpha value is -1.55. The maximum Gasteiger partial charge on any atom is 0.327 e. The molecule has 1 heterocycles. The van der Waals surface area contributed by atoms with Crippen LogP contribution in [0, 0.1) is 0 Å². The molecule has 1 fully saturated rings. The van der Waals surface area contributed by atoms with Gasteiger partial charge in [-0.2, -0.15) is 0 Å². The van der Waals surface area contributed by atoms with E-state index in [1.807, 2.05) is 37.3 Å². The molecule has 5 heteroatoms. The smallest absolute Gasteiger partial charge is 0.322 e. The van der Waals surface area contributed by atoms with Crippen molar-refractivity contribution in [1.82, 2.24) is 9.80 Å². The number of hydrogen-bond acceptors (Lipinski definition) is 2. The van der Waals surface area contributed by atoms with Crippen LogP contribution in [0.15, 0.2) is 30.3 Å². The van der Waals surface area contributed by atoms with Crippen LogP contribution in [0.3, 0.4) is 0 Å². The molecule has 2 rings (SSSR count). The van der Waals surface area contributed by atoms with Crippen LogP contribution in [-0.4, -0.2) is 40.2 Å². The molecule has 0 aliphatic carbocycles. The van der Waals surface area contributed by atoms with Crippen LogP contribution < -0.4 is 0 Å². The summed E-state index contributed by atoms with van der Waals surface area (Å²) in [5, 5.41) is -0.714. The quantitative estimate of drug-likeness (QED) is 0.782. The Balaban J connectivity index is 2.43. The number of likely N-dealkylation sites (N-methyl/N-ethyl adjacent to an activating group) is 1. The van der Waals surface area contributed by atoms with Crippen molar-refractivity contribution in [3.05, 3.63) is 35.9 Å². The number of benzene rings is 1. The molecule has 0 spiro atoms. The molecule has 3 amide bonds. The van der Waals surface area contributed by atoms with Gasteiger partial charge in [-0.1, -0.05) is 30.3 Å². The van der Waals surface area contributed by atoms with Crippen LogP contribution in [-0.2, 0) is 4.79 Å². The minimum absolute atomic E-state index is 0.0748. The monoisotopic (exact) mass is 280 g/mol. The fourth-order valence-electron chi connectivity index (χ4n) is 2.39. The maximum absolute atomic E-state index is 12.2. The second-order valence-corrected chi connectivity index (χ2v) is 5.47. The highest BCUT2D eigenvalue weighted by Crippen LogP contribution is 2.35. The molecule has 3 atom stereocenters. The van der Waals surface area contributed by atoms with E-state index in [9.17, 15) is 9.59 Å². The summed E-state index contributed by atoms with van der Waals surface area (Å²) in [5.41, 5.74) is 0.943. The van der Waals surface area contributed by atoms with E-state index in [1.54, 1.807) is 18.9 Å². The molecule has 1 aliphatic rings. The topological polar surface area (TPSA) is 40.6 Å². The average Bonchev–Trinajstić information content (AvgIpc) is 2.63. The molecule has 1 aromatic carbocycles. The van der Waals surface area contributed by atoms with Crippen molar-refractivity contribution in [1.29, 1.82) is 0 Å². The molecule has 0 radical (unpaired) electrons. The summed E-state index contributed by atoms with van der Waals surface area (Å²) >= 11 is 5.86. The number of hydrogen-bond donors (Lipinski definition) is 0. The zero-order valence-electron chi connectivity index (χ0n) is 11.2. The lowest BCUT2D eigenvalue weighted by molar-refractivity contribution is -0.128. The molecule has 0 bridgehead atoms. The third kappa shape index (κ3) is 2.32. The van der Waals surface area contributed by atoms with E-state index in [0.717, 1.165) is 5.56 Å². The van der Waals surface area contributed by atoms with Crippen molar-refractivity contribution in [3.8, 4) is 0 Å². The summed E-state index contributed by atoms with van der Waals surface area (Å²) < 4.78 is 0. The van der Waals surface area contributed by atoms with Gasteiger partial charge < -0.3 is 4.90 Å². The van der Waals surface area contributed by atoms with Crippen molar-refractivity contribution in [2.75, 3.05) is 7.05 Å². The number of carbonyl (C=O) groups excluding carboxylic acids is 2. The first-order valence-electron chi connectivity index (χ1n) is 6.24. The van der Waals surface area contributed by atoms with E-state index in [4.69, 9.17) is 11.6 Å². The predicted molar refractivity (Wildman–Crippen MR) is 74.0 cm³/mol. The highest BCUT2D eigenvalue weighted by Gasteiger charge is 2.46. The summed E-state index contributed by atoms with van der Waals surface area (Å²) in [4.78, 5) is 27.2. The fraction of sp³-hybridized carbons (Fsp3) is 0.429. The SMILES string of the molecule is CC(Cl)C(=O)N1C(=O)N(C)[C@H](C)[C@@H]1c1ccccc1. The lowest BCUT2D eigenvalue weighted by atomic mass is 10.0. The van der Waals surface area contributed by atoms with Crippen LogP contribution in [0.2, 0.25) is 0 Å². The second-order valence-electron chi connectivity index (χ2n) is 4.81. The van der Waals surface area contributed by atoms with Gasteiger partial charge in [0.25, 0.3) is 0 Å². The Labute approximate surface area is 117 Å². The molecule has 1 aromatic rings. The molecule has 19 heavy (non-hydrogen) atoms. The van der Waals surface area contributed by atoms with E-state index in [-0.39, 0.29) is 24.0 Å². The van der Waals surface area contributed by atoms with Gasteiger partial charge in [0, 0.05) is 7.05 Å². The van der Waals surface area contributed by atoms with Crippen LogP contribution >= 0.6 is 11.6 Å². The largest absolute Gasteiger partial charge is 0.327 e. The lowest BCUT2D eigenvalue weighted by Gasteiger charge is -2.24. The van der Waals surface area contributed by atoms with Crippen molar-refractivity contribution in [3.63, 3.8) is 0 Å². The molecular weight excluding hydrogens is 264 g/mol. The molecule has 0 saturated carbocycles. The molecule has 1 unspecified atom stereocenters. The standard InChI is InChI=1S/C14H17ClN2O2/c1-9(15)13(18)17-12(10(2)16(3)14(17)19)11-7-5-4-6-8-11/h4-10,12H,1-3H3/t9?,10-,12-/m1/s1. The Morgan fingerprint density at radius 3 is 2.42 bits per heavy atom. The van der Waals surface area contributed by atoms with Crippen molar-refractivity contribution >= 4 is 23.5 Å². The van der Waals surface area contributed by atoms with Crippen molar-refractivity contribution in [2.45, 2.75) is 31.3 Å². The van der Waals surface area contributed by atoms with Crippen LogP contribution in [0.25, 0.3) is 0 Å². The van der Waals surface area contributed by atoms with Gasteiger partial charge in [0.15, 0.2) is 0 Å². The van der Waals surface area contributed by atoms with Gasteiger partial charge in [-0.05, 0) is 19.4 Å². The second kappa shape index (κ2) is 5.21. The first-order valence-corrected chi connectivity index (χ1v) is 6.67. The maximum atomic E-state index is 12.2. The Kier molecular flexibility index (Phi) is 3.80. The molecule has 0 aromatic heterocycles. The highest BCUT2D eigenvalue weighted by molar-refractivity contribution is 6.31. The number of urea groups is 1. The minimum atomic E-state index is -0.714. The third-order valence-corrected chi connectivity index (χ3v) is 3.76. The third-order valence-electron chi connectivity index (χ3n) is 3.57. The number of rotatable bonds is 2. The zero-order valence-corrected chi connectivity index (χ0v) is 12.0. The molecular formula is C14H17ClN2O2. The highest BCUT2D eigenvalue weighted by atomic mass is 35.5. The average molecular weight is 281 g/mol. The van der Waals surface area contributed by atoms with Crippen molar-refractivity contribution < 1.29 is 9.59 Å². The summed E-state index contributed by atoms with van der Waals surface area (Å²) in [6, 6.07) is 8.90. The summed E-state index contributed by atoms with van der Waals surface area (Å²) in [6.07, 6.45) is 0. The first-order chi connectivity index (χ1) is 8.95. The van der Waals surface area contributed by atoms with Crippen LogP contribution in [0.5, 0.6) is 0 Å². The van der Waals surface area contributed by atoms with Crippen molar-refractivity contribution in [2.24, 2.45) is 0 Å². The van der Waals surface area contributed by atoms with E-state index in [2.05, 4.69) is 0 Å². The fourth-order valence-corrected chi connectivity index (χ4v) is 2.50. The number of halogens is 1. The molecule has 0 N–H and O–H groups in total. The Morgan fingerprint density at radius 1 is 1.32 bits per heavy atom. The lowest BCUT2D eigenvalue weighted by Crippen LogP contribution is -2.40. The van der Waals surface area contributed by atoms with Gasteiger partial charge in [-0.3, -0.25) is 9.69 Å². The van der Waals surface area contributed by atoms with Gasteiger partial charge in [-0.25, -0.2) is 4.79 Å². The minimum Gasteiger partial charge on any atom is -0.322 e. The van der Waals surface area contributed by atoms with Crippen LogP contribution in [0.1, 0.15) is 25.5 Å². The number of carbonyl (C=O) groups is 2. The van der Waals surface area contributed by atoms with E-state index in [0.29, 0.717) is 0 Å². The van der Waals surface area contributed by atoms with E-state index < -0.39 is 5.38 Å². The van der Waals surface area contributed by atoms with Gasteiger partial charge in [0.05, 0.1) is 12.1 Å². The number of alkyl halides is 1. The first kappa shape index (κ1) is 13.9. The normalized spacial score (nSPS) is 24.7. The van der Waals surface area contributed by atoms with E-state index in [1.165, 1.54) is 4.90 Å². The van der Waals surface area contributed by atoms with E-state index >= 15 is 0 Å². The van der Waals surface area contributed by atoms with Gasteiger partial charge in [-0.15, -0.1) is 11.6 Å². The molecule has 4 nitrogen and oxygen atoms in total. The summed E-state index contributed by atoms with van der Waals surface area (Å²) in [5.74, 6) is -0.350. The predicted octanol–water partition coefficient (Wildman–Crippen LogP) is 2.64. The Morgan fingerprint density at radius 2 is 1.89 bits per heavy atom. The number of nitrogens with zero attached hydrogens (tertiary/aromatic N) is 2. The van der Waals surface area contributed by atoms with Gasteiger partial charge in [0.1, 0.15) is 5.38 Å². The number of amides is 3. The molecule has 1 saturated heterocycles. The molecule has 102 valence electrons. The summed E-state index contributed by atoms with van der Waals surface area (Å²) in [7, 11) is 1.70. The van der Waals surface area contributed by atoms with Crippen LogP contribution in [0.4, 0.5) is 4.79 Å². The number of imide groups is 1. The Bertz CT molecular complexity index is 481. The zero-order chi connectivity index (χ0) is 14.2. The van der Waals surface area contributed by atoms with Gasteiger partial charge in [0.2, 0.25) is 5.91 Å². The van der Waals surface area contributed by atoms with Gasteiger partial charge >= 0.3 is 6.03 Å². The summed E-state index contributed by atoms with van der Waals surface area (Å²) in [6.45, 7) is 3.52.